The summed E-state index contributed by atoms with van der Waals surface area (Å²) in [4.78, 5) is 38.1. The third kappa shape index (κ3) is 4.17. The summed E-state index contributed by atoms with van der Waals surface area (Å²) < 4.78 is 0. The molecule has 0 aliphatic carbocycles. The van der Waals surface area contributed by atoms with Crippen LogP contribution in [-0.4, -0.2) is 58.9 Å². The molecule has 1 aliphatic heterocycles. The lowest BCUT2D eigenvalue weighted by Gasteiger charge is -2.24. The van der Waals surface area contributed by atoms with Gasteiger partial charge in [0, 0.05) is 13.6 Å². The first-order valence-corrected chi connectivity index (χ1v) is 8.56. The first-order valence-electron chi connectivity index (χ1n) is 7.03. The molecule has 1 aromatic rings. The van der Waals surface area contributed by atoms with Crippen molar-refractivity contribution in [2.24, 2.45) is 0 Å². The van der Waals surface area contributed by atoms with Crippen molar-refractivity contribution in [3.63, 3.8) is 0 Å². The highest BCUT2D eigenvalue weighted by molar-refractivity contribution is 8.00. The van der Waals surface area contributed by atoms with E-state index < -0.39 is 12.0 Å². The molecule has 0 radical (unpaired) electrons. The standard InChI is InChI=1S/C15H17ClN2O4S/c1-17(13(19)8-23-9-14(20)21)12-6-7-18(15(12)22)11-5-3-2-4-10(11)16/h2-5,12H,6-9H2,1H3,(H,20,21). The summed E-state index contributed by atoms with van der Waals surface area (Å²) >= 11 is 7.14. The molecule has 2 rings (SSSR count). The first kappa shape index (κ1) is 17.6. The van der Waals surface area contributed by atoms with Gasteiger partial charge in [-0.25, -0.2) is 0 Å². The van der Waals surface area contributed by atoms with Gasteiger partial charge in [-0.3, -0.25) is 14.4 Å². The van der Waals surface area contributed by atoms with E-state index in [0.29, 0.717) is 23.7 Å². The minimum Gasteiger partial charge on any atom is -0.481 e. The molecule has 1 N–H and O–H groups in total. The maximum absolute atomic E-state index is 12.6. The lowest BCUT2D eigenvalue weighted by atomic mass is 10.2. The molecule has 0 spiro atoms. The van der Waals surface area contributed by atoms with Crippen LogP contribution in [-0.2, 0) is 14.4 Å². The van der Waals surface area contributed by atoms with Gasteiger partial charge in [-0.15, -0.1) is 11.8 Å². The van der Waals surface area contributed by atoms with Crippen molar-refractivity contribution in [3.8, 4) is 0 Å². The van der Waals surface area contributed by atoms with Crippen molar-refractivity contribution in [3.05, 3.63) is 29.3 Å². The Balaban J connectivity index is 1.99. The molecule has 1 aromatic carbocycles. The monoisotopic (exact) mass is 356 g/mol. The van der Waals surface area contributed by atoms with Crippen LogP contribution in [0.3, 0.4) is 0 Å². The number of rotatable bonds is 6. The second kappa shape index (κ2) is 7.70. The quantitative estimate of drug-likeness (QED) is 0.839. The number of carboxylic acids is 1. The number of carboxylic acid groups (broad SMARTS) is 1. The van der Waals surface area contributed by atoms with Crippen molar-refractivity contribution in [2.75, 3.05) is 30.0 Å². The number of likely N-dealkylation sites (N-methyl/N-ethyl adjacent to an activating group) is 1. The van der Waals surface area contributed by atoms with Gasteiger partial charge in [-0.05, 0) is 18.6 Å². The van der Waals surface area contributed by atoms with Crippen LogP contribution in [0.2, 0.25) is 5.02 Å². The largest absolute Gasteiger partial charge is 0.481 e. The molecular formula is C15H17ClN2O4S. The summed E-state index contributed by atoms with van der Waals surface area (Å²) in [6.07, 6.45) is 0.524. The Morgan fingerprint density at radius 1 is 1.39 bits per heavy atom. The molecule has 8 heteroatoms. The van der Waals surface area contributed by atoms with E-state index in [-0.39, 0.29) is 23.3 Å². The van der Waals surface area contributed by atoms with Crippen LogP contribution < -0.4 is 4.90 Å². The molecule has 23 heavy (non-hydrogen) atoms. The lowest BCUT2D eigenvalue weighted by Crippen LogP contribution is -2.43. The van der Waals surface area contributed by atoms with Crippen LogP contribution >= 0.6 is 23.4 Å². The fraction of sp³-hybridized carbons (Fsp3) is 0.400. The zero-order valence-electron chi connectivity index (χ0n) is 12.6. The van der Waals surface area contributed by atoms with Crippen molar-refractivity contribution >= 4 is 46.8 Å². The van der Waals surface area contributed by atoms with Crippen LogP contribution in [0, 0.1) is 0 Å². The van der Waals surface area contributed by atoms with Crippen molar-refractivity contribution in [2.45, 2.75) is 12.5 Å². The Morgan fingerprint density at radius 2 is 2.09 bits per heavy atom. The smallest absolute Gasteiger partial charge is 0.313 e. The summed E-state index contributed by atoms with van der Waals surface area (Å²) in [7, 11) is 1.57. The van der Waals surface area contributed by atoms with Gasteiger partial charge < -0.3 is 14.9 Å². The maximum Gasteiger partial charge on any atom is 0.313 e. The fourth-order valence-electron chi connectivity index (χ4n) is 2.44. The number of amides is 2. The van der Waals surface area contributed by atoms with E-state index in [1.807, 2.05) is 0 Å². The summed E-state index contributed by atoms with van der Waals surface area (Å²) in [5.41, 5.74) is 0.641. The van der Waals surface area contributed by atoms with Crippen LogP contribution in [0.1, 0.15) is 6.42 Å². The highest BCUT2D eigenvalue weighted by Crippen LogP contribution is 2.30. The molecular weight excluding hydrogens is 340 g/mol. The van der Waals surface area contributed by atoms with Crippen LogP contribution in [0.15, 0.2) is 24.3 Å². The third-order valence-corrected chi connectivity index (χ3v) is 4.85. The van der Waals surface area contributed by atoms with Gasteiger partial charge in [0.1, 0.15) is 6.04 Å². The van der Waals surface area contributed by atoms with Gasteiger partial charge in [0.15, 0.2) is 0 Å². The van der Waals surface area contributed by atoms with Crippen molar-refractivity contribution < 1.29 is 19.5 Å². The number of hydrogen-bond acceptors (Lipinski definition) is 4. The van der Waals surface area contributed by atoms with E-state index in [4.69, 9.17) is 16.7 Å². The highest BCUT2D eigenvalue weighted by atomic mass is 35.5. The Kier molecular flexibility index (Phi) is 5.90. The molecule has 6 nitrogen and oxygen atoms in total. The number of carbonyl (C=O) groups excluding carboxylic acids is 2. The van der Waals surface area contributed by atoms with E-state index in [9.17, 15) is 14.4 Å². The van der Waals surface area contributed by atoms with E-state index in [0.717, 1.165) is 11.8 Å². The third-order valence-electron chi connectivity index (χ3n) is 3.63. The zero-order valence-corrected chi connectivity index (χ0v) is 14.1. The Morgan fingerprint density at radius 3 is 2.74 bits per heavy atom. The van der Waals surface area contributed by atoms with Gasteiger partial charge >= 0.3 is 5.97 Å². The average molecular weight is 357 g/mol. The number of nitrogens with zero attached hydrogens (tertiary/aromatic N) is 2. The number of anilines is 1. The molecule has 0 aromatic heterocycles. The van der Waals surface area contributed by atoms with Gasteiger partial charge in [0.2, 0.25) is 11.8 Å². The number of carbonyl (C=O) groups is 3. The van der Waals surface area contributed by atoms with Crippen LogP contribution in [0.4, 0.5) is 5.69 Å². The van der Waals surface area contributed by atoms with Gasteiger partial charge in [0.05, 0.1) is 22.2 Å². The molecule has 124 valence electrons. The first-order chi connectivity index (χ1) is 10.9. The summed E-state index contributed by atoms with van der Waals surface area (Å²) in [5.74, 6) is -1.48. The van der Waals surface area contributed by atoms with Crippen LogP contribution in [0.25, 0.3) is 0 Å². The Hall–Kier alpha value is -1.73. The maximum atomic E-state index is 12.6. The van der Waals surface area contributed by atoms with Gasteiger partial charge in [-0.1, -0.05) is 23.7 Å². The van der Waals surface area contributed by atoms with Crippen molar-refractivity contribution in [1.29, 1.82) is 0 Å². The average Bonchev–Trinajstić information content (AvgIpc) is 2.88. The summed E-state index contributed by atoms with van der Waals surface area (Å²) in [6, 6.07) is 6.55. The molecule has 1 heterocycles. The minimum atomic E-state index is -0.965. The number of thioether (sulfide) groups is 1. The zero-order chi connectivity index (χ0) is 17.0. The second-order valence-electron chi connectivity index (χ2n) is 5.14. The van der Waals surface area contributed by atoms with Crippen LogP contribution in [0.5, 0.6) is 0 Å². The molecule has 1 saturated heterocycles. The molecule has 0 bridgehead atoms. The molecule has 1 unspecified atom stereocenters. The lowest BCUT2D eigenvalue weighted by molar-refractivity contribution is -0.134. The fourth-order valence-corrected chi connectivity index (χ4v) is 3.33. The number of hydrogen-bond donors (Lipinski definition) is 1. The van der Waals surface area contributed by atoms with Gasteiger partial charge in [-0.2, -0.15) is 0 Å². The minimum absolute atomic E-state index is 0.0404. The van der Waals surface area contributed by atoms with E-state index in [1.54, 1.807) is 36.2 Å². The predicted molar refractivity (Wildman–Crippen MR) is 89.9 cm³/mol. The molecule has 1 aliphatic rings. The molecule has 2 amide bonds. The molecule has 1 atom stereocenters. The predicted octanol–water partition coefficient (Wildman–Crippen LogP) is 1.72. The normalized spacial score (nSPS) is 17.4. The number of halogens is 1. The Bertz CT molecular complexity index is 625. The van der Waals surface area contributed by atoms with E-state index in [1.165, 1.54) is 4.90 Å². The SMILES string of the molecule is CN(C(=O)CSCC(=O)O)C1CCN(c2ccccc2Cl)C1=O. The summed E-state index contributed by atoms with van der Waals surface area (Å²) in [5, 5.41) is 9.08. The van der Waals surface area contributed by atoms with E-state index in [2.05, 4.69) is 0 Å². The van der Waals surface area contributed by atoms with E-state index >= 15 is 0 Å². The molecule has 0 saturated carbocycles. The molecule has 1 fully saturated rings. The second-order valence-corrected chi connectivity index (χ2v) is 6.53. The van der Waals surface area contributed by atoms with Crippen molar-refractivity contribution in [1.82, 2.24) is 4.90 Å². The highest BCUT2D eigenvalue weighted by Gasteiger charge is 2.37. The topological polar surface area (TPSA) is 77.9 Å². The number of benzene rings is 1. The Labute approximate surface area is 143 Å². The number of aliphatic carboxylic acids is 1. The number of para-hydroxylation sites is 1. The van der Waals surface area contributed by atoms with Gasteiger partial charge in [0.25, 0.3) is 0 Å². The summed E-state index contributed by atoms with van der Waals surface area (Å²) in [6.45, 7) is 0.493.